The molecule has 3 nitrogen and oxygen atoms in total. The predicted molar refractivity (Wildman–Crippen MR) is 75.8 cm³/mol. The van der Waals surface area contributed by atoms with Crippen LogP contribution in [0.1, 0.15) is 44.1 Å². The van der Waals surface area contributed by atoms with Crippen LogP contribution >= 0.6 is 0 Å². The van der Waals surface area contributed by atoms with E-state index in [0.717, 1.165) is 32.2 Å². The molecule has 0 spiro atoms. The highest BCUT2D eigenvalue weighted by molar-refractivity contribution is 5.83. The molecule has 1 aliphatic heterocycles. The Kier molecular flexibility index (Phi) is 3.56. The van der Waals surface area contributed by atoms with Gasteiger partial charge in [0.1, 0.15) is 0 Å². The lowest BCUT2D eigenvalue weighted by Gasteiger charge is -2.32. The van der Waals surface area contributed by atoms with Gasteiger partial charge in [-0.15, -0.1) is 0 Å². The summed E-state index contributed by atoms with van der Waals surface area (Å²) < 4.78 is 0. The Hall–Kier alpha value is -1.35. The van der Waals surface area contributed by atoms with Crippen molar-refractivity contribution in [3.05, 3.63) is 35.9 Å². The monoisotopic (exact) mass is 258 g/mol. The summed E-state index contributed by atoms with van der Waals surface area (Å²) in [5.74, 6) is 0.184. The molecule has 3 rings (SSSR count). The molecule has 1 unspecified atom stereocenters. The maximum atomic E-state index is 12.4. The average molecular weight is 258 g/mol. The Morgan fingerprint density at radius 3 is 2.53 bits per heavy atom. The minimum absolute atomic E-state index is 0.0150. The molecular weight excluding hydrogens is 236 g/mol. The lowest BCUT2D eigenvalue weighted by Crippen LogP contribution is -2.50. The third kappa shape index (κ3) is 2.52. The third-order valence-corrected chi connectivity index (χ3v) is 4.52. The van der Waals surface area contributed by atoms with Crippen molar-refractivity contribution in [1.29, 1.82) is 0 Å². The highest BCUT2D eigenvalue weighted by atomic mass is 16.2. The molecule has 1 saturated heterocycles. The summed E-state index contributed by atoms with van der Waals surface area (Å²) >= 11 is 0. The highest BCUT2D eigenvalue weighted by Crippen LogP contribution is 2.38. The summed E-state index contributed by atoms with van der Waals surface area (Å²) in [6, 6.07) is 10.5. The minimum Gasteiger partial charge on any atom is -0.345 e. The molecule has 2 N–H and O–H groups in total. The molecule has 1 aromatic carbocycles. The molecule has 1 heterocycles. The predicted octanol–water partition coefficient (Wildman–Crippen LogP) is 2.32. The van der Waals surface area contributed by atoms with Crippen LogP contribution in [-0.4, -0.2) is 18.5 Å². The van der Waals surface area contributed by atoms with Crippen LogP contribution in [0.3, 0.4) is 0 Å². The van der Waals surface area contributed by atoms with Crippen LogP contribution < -0.4 is 10.6 Å². The molecule has 102 valence electrons. The molecule has 0 bridgehead atoms. The Bertz CT molecular complexity index is 431. The van der Waals surface area contributed by atoms with Gasteiger partial charge in [-0.3, -0.25) is 4.79 Å². The Morgan fingerprint density at radius 1 is 1.16 bits per heavy atom. The van der Waals surface area contributed by atoms with E-state index >= 15 is 0 Å². The van der Waals surface area contributed by atoms with Gasteiger partial charge in [0, 0.05) is 0 Å². The standard InChI is InChI=1S/C16H22N2O/c19-15(14-9-6-12-17-14)18-16(10-4-5-11-16)13-7-2-1-3-8-13/h1-3,7-8,14,17H,4-6,9-12H2,(H,18,19). The lowest BCUT2D eigenvalue weighted by molar-refractivity contribution is -0.124. The van der Waals surface area contributed by atoms with Crippen LogP contribution in [0.4, 0.5) is 0 Å². The molecule has 19 heavy (non-hydrogen) atoms. The summed E-state index contributed by atoms with van der Waals surface area (Å²) in [4.78, 5) is 12.4. The number of hydrogen-bond acceptors (Lipinski definition) is 2. The Labute approximate surface area is 114 Å². The number of rotatable bonds is 3. The number of amides is 1. The maximum absolute atomic E-state index is 12.4. The van der Waals surface area contributed by atoms with E-state index in [0.29, 0.717) is 0 Å². The zero-order valence-electron chi connectivity index (χ0n) is 11.3. The molecule has 3 heteroatoms. The van der Waals surface area contributed by atoms with Crippen LogP contribution in [0, 0.1) is 0 Å². The summed E-state index contributed by atoms with van der Waals surface area (Å²) in [7, 11) is 0. The number of carbonyl (C=O) groups excluding carboxylic acids is 1. The van der Waals surface area contributed by atoms with Crippen molar-refractivity contribution in [1.82, 2.24) is 10.6 Å². The first-order valence-electron chi connectivity index (χ1n) is 7.41. The minimum atomic E-state index is -0.122. The van der Waals surface area contributed by atoms with Gasteiger partial charge in [-0.1, -0.05) is 43.2 Å². The quantitative estimate of drug-likeness (QED) is 0.873. The van der Waals surface area contributed by atoms with Gasteiger partial charge in [0.15, 0.2) is 0 Å². The van der Waals surface area contributed by atoms with E-state index in [9.17, 15) is 4.79 Å². The molecule has 1 aliphatic carbocycles. The Morgan fingerprint density at radius 2 is 1.89 bits per heavy atom. The molecule has 1 saturated carbocycles. The van der Waals surface area contributed by atoms with E-state index < -0.39 is 0 Å². The van der Waals surface area contributed by atoms with Crippen molar-refractivity contribution in [3.8, 4) is 0 Å². The summed E-state index contributed by atoms with van der Waals surface area (Å²) in [5.41, 5.74) is 1.14. The number of carbonyl (C=O) groups is 1. The molecule has 1 aromatic rings. The van der Waals surface area contributed by atoms with Crippen molar-refractivity contribution in [2.24, 2.45) is 0 Å². The highest BCUT2D eigenvalue weighted by Gasteiger charge is 2.38. The fourth-order valence-corrected chi connectivity index (χ4v) is 3.45. The first kappa shape index (κ1) is 12.7. The van der Waals surface area contributed by atoms with Crippen molar-refractivity contribution < 1.29 is 4.79 Å². The van der Waals surface area contributed by atoms with Crippen molar-refractivity contribution in [3.63, 3.8) is 0 Å². The van der Waals surface area contributed by atoms with Gasteiger partial charge in [0.05, 0.1) is 11.6 Å². The van der Waals surface area contributed by atoms with Crippen molar-refractivity contribution >= 4 is 5.91 Å². The second-order valence-electron chi connectivity index (χ2n) is 5.79. The van der Waals surface area contributed by atoms with Crippen LogP contribution in [-0.2, 0) is 10.3 Å². The first-order chi connectivity index (χ1) is 9.30. The van der Waals surface area contributed by atoms with E-state index in [2.05, 4.69) is 34.9 Å². The van der Waals surface area contributed by atoms with Gasteiger partial charge in [0.25, 0.3) is 0 Å². The molecule has 0 aromatic heterocycles. The number of nitrogens with one attached hydrogen (secondary N) is 2. The fraction of sp³-hybridized carbons (Fsp3) is 0.562. The van der Waals surface area contributed by atoms with Crippen molar-refractivity contribution in [2.75, 3.05) is 6.54 Å². The average Bonchev–Trinajstić information content (AvgIpc) is 3.11. The summed E-state index contributed by atoms with van der Waals surface area (Å²) in [5, 5.41) is 6.64. The van der Waals surface area contributed by atoms with E-state index in [-0.39, 0.29) is 17.5 Å². The smallest absolute Gasteiger partial charge is 0.237 e. The van der Waals surface area contributed by atoms with Gasteiger partial charge in [-0.05, 0) is 37.8 Å². The van der Waals surface area contributed by atoms with Gasteiger partial charge < -0.3 is 10.6 Å². The molecule has 0 radical (unpaired) electrons. The molecule has 1 atom stereocenters. The van der Waals surface area contributed by atoms with Crippen molar-refractivity contribution in [2.45, 2.75) is 50.1 Å². The van der Waals surface area contributed by atoms with E-state index in [1.54, 1.807) is 0 Å². The van der Waals surface area contributed by atoms with E-state index in [1.807, 2.05) is 6.07 Å². The van der Waals surface area contributed by atoms with Gasteiger partial charge in [-0.2, -0.15) is 0 Å². The molecule has 1 amide bonds. The fourth-order valence-electron chi connectivity index (χ4n) is 3.45. The zero-order valence-corrected chi connectivity index (χ0v) is 11.3. The zero-order chi connectivity index (χ0) is 13.1. The largest absolute Gasteiger partial charge is 0.345 e. The third-order valence-electron chi connectivity index (χ3n) is 4.52. The first-order valence-corrected chi connectivity index (χ1v) is 7.41. The van der Waals surface area contributed by atoms with Crippen LogP contribution in [0.5, 0.6) is 0 Å². The van der Waals surface area contributed by atoms with E-state index in [4.69, 9.17) is 0 Å². The second kappa shape index (κ2) is 5.33. The normalized spacial score (nSPS) is 25.4. The Balaban J connectivity index is 1.79. The lowest BCUT2D eigenvalue weighted by atomic mass is 9.87. The molecule has 2 fully saturated rings. The van der Waals surface area contributed by atoms with Gasteiger partial charge in [0.2, 0.25) is 5.91 Å². The maximum Gasteiger partial charge on any atom is 0.237 e. The number of hydrogen-bond donors (Lipinski definition) is 2. The number of benzene rings is 1. The molecular formula is C16H22N2O. The van der Waals surface area contributed by atoms with Crippen LogP contribution in [0.2, 0.25) is 0 Å². The van der Waals surface area contributed by atoms with Crippen LogP contribution in [0.15, 0.2) is 30.3 Å². The molecule has 2 aliphatic rings. The van der Waals surface area contributed by atoms with Gasteiger partial charge in [-0.25, -0.2) is 0 Å². The SMILES string of the molecule is O=C(NC1(c2ccccc2)CCCC1)C1CCCN1. The van der Waals surface area contributed by atoms with E-state index in [1.165, 1.54) is 18.4 Å². The van der Waals surface area contributed by atoms with Gasteiger partial charge >= 0.3 is 0 Å². The summed E-state index contributed by atoms with van der Waals surface area (Å²) in [6.45, 7) is 0.969. The topological polar surface area (TPSA) is 41.1 Å². The van der Waals surface area contributed by atoms with Crippen LogP contribution in [0.25, 0.3) is 0 Å². The second-order valence-corrected chi connectivity index (χ2v) is 5.79. The summed E-state index contributed by atoms with van der Waals surface area (Å²) in [6.07, 6.45) is 6.61.